The molecule has 1 aromatic carbocycles. The predicted octanol–water partition coefficient (Wildman–Crippen LogP) is 2.46. The first kappa shape index (κ1) is 12.8. The zero-order valence-corrected chi connectivity index (χ0v) is 9.44. The van der Waals surface area contributed by atoms with Crippen molar-refractivity contribution in [3.8, 4) is 0 Å². The molecule has 1 rings (SSSR count). The molecule has 0 atom stereocenters. The third-order valence-corrected chi connectivity index (χ3v) is 2.29. The lowest BCUT2D eigenvalue weighted by atomic mass is 10.1. The molecule has 0 aliphatic rings. The lowest BCUT2D eigenvalue weighted by Crippen LogP contribution is -2.24. The van der Waals surface area contributed by atoms with Crippen LogP contribution in [-0.4, -0.2) is 18.9 Å². The molecule has 0 unspecified atom stereocenters. The monoisotopic (exact) mass is 227 g/mol. The van der Waals surface area contributed by atoms with Gasteiger partial charge in [-0.05, 0) is 31.5 Å². The second kappa shape index (κ2) is 5.70. The van der Waals surface area contributed by atoms with Gasteiger partial charge < -0.3 is 5.32 Å². The highest BCUT2D eigenvalue weighted by atomic mass is 19.2. The number of ketones is 1. The number of hydrogen-bond acceptors (Lipinski definition) is 2. The molecule has 0 aliphatic heterocycles. The minimum Gasteiger partial charge on any atom is -0.310 e. The first-order valence-electron chi connectivity index (χ1n) is 5.26. The molecule has 0 heterocycles. The lowest BCUT2D eigenvalue weighted by molar-refractivity contribution is 0.0986. The normalized spacial score (nSPS) is 10.5. The van der Waals surface area contributed by atoms with E-state index < -0.39 is 17.4 Å². The lowest BCUT2D eigenvalue weighted by Gasteiger charge is -2.06. The molecule has 1 N–H and O–H groups in total. The molecule has 0 fully saturated rings. The quantitative estimate of drug-likeness (QED) is 0.618. The molecular weight excluding hydrogens is 212 g/mol. The van der Waals surface area contributed by atoms with Gasteiger partial charge in [0.15, 0.2) is 17.4 Å². The van der Waals surface area contributed by atoms with Crippen LogP contribution in [0, 0.1) is 18.6 Å². The standard InChI is InChI=1S/C12H15F2NO/c1-3-6-15-7-10(16)9-5-4-8(2)11(13)12(9)14/h4-5,15H,3,6-7H2,1-2H3. The molecule has 0 radical (unpaired) electrons. The Balaban J connectivity index is 2.80. The van der Waals surface area contributed by atoms with Crippen molar-refractivity contribution in [2.75, 3.05) is 13.1 Å². The second-order valence-corrected chi connectivity index (χ2v) is 3.66. The fraction of sp³-hybridized carbons (Fsp3) is 0.417. The van der Waals surface area contributed by atoms with E-state index in [2.05, 4.69) is 5.32 Å². The molecule has 0 aromatic heterocycles. The molecule has 0 saturated carbocycles. The SMILES string of the molecule is CCCNCC(=O)c1ccc(C)c(F)c1F. The van der Waals surface area contributed by atoms with Gasteiger partial charge in [0.25, 0.3) is 0 Å². The van der Waals surface area contributed by atoms with Gasteiger partial charge in [0, 0.05) is 0 Å². The fourth-order valence-electron chi connectivity index (χ4n) is 1.34. The average Bonchev–Trinajstić information content (AvgIpc) is 2.26. The largest absolute Gasteiger partial charge is 0.310 e. The maximum Gasteiger partial charge on any atom is 0.179 e. The Morgan fingerprint density at radius 2 is 2.00 bits per heavy atom. The maximum atomic E-state index is 13.4. The Kier molecular flexibility index (Phi) is 4.55. The van der Waals surface area contributed by atoms with Gasteiger partial charge in [-0.3, -0.25) is 4.79 Å². The zero-order valence-electron chi connectivity index (χ0n) is 9.44. The highest BCUT2D eigenvalue weighted by Crippen LogP contribution is 2.15. The molecule has 0 spiro atoms. The zero-order chi connectivity index (χ0) is 12.1. The van der Waals surface area contributed by atoms with Crippen LogP contribution in [0.15, 0.2) is 12.1 Å². The molecule has 88 valence electrons. The van der Waals surface area contributed by atoms with Crippen molar-refractivity contribution in [2.45, 2.75) is 20.3 Å². The van der Waals surface area contributed by atoms with E-state index in [1.807, 2.05) is 6.92 Å². The summed E-state index contributed by atoms with van der Waals surface area (Å²) in [5.41, 5.74) is 0.0160. The van der Waals surface area contributed by atoms with Gasteiger partial charge in [-0.1, -0.05) is 13.0 Å². The Labute approximate surface area is 93.7 Å². The van der Waals surface area contributed by atoms with Crippen LogP contribution in [0.25, 0.3) is 0 Å². The van der Waals surface area contributed by atoms with E-state index in [0.29, 0.717) is 6.54 Å². The number of Topliss-reactive ketones (excluding diaryl/α,β-unsaturated/α-hetero) is 1. The van der Waals surface area contributed by atoms with Gasteiger partial charge in [-0.2, -0.15) is 0 Å². The smallest absolute Gasteiger partial charge is 0.179 e. The average molecular weight is 227 g/mol. The van der Waals surface area contributed by atoms with Crippen molar-refractivity contribution in [1.29, 1.82) is 0 Å². The van der Waals surface area contributed by atoms with Crippen molar-refractivity contribution < 1.29 is 13.6 Å². The van der Waals surface area contributed by atoms with E-state index >= 15 is 0 Å². The van der Waals surface area contributed by atoms with Crippen molar-refractivity contribution >= 4 is 5.78 Å². The number of rotatable bonds is 5. The summed E-state index contributed by atoms with van der Waals surface area (Å²) in [5.74, 6) is -2.42. The van der Waals surface area contributed by atoms with Crippen LogP contribution in [0.2, 0.25) is 0 Å². The summed E-state index contributed by atoms with van der Waals surface area (Å²) in [4.78, 5) is 11.5. The molecule has 16 heavy (non-hydrogen) atoms. The van der Waals surface area contributed by atoms with Crippen LogP contribution in [0.5, 0.6) is 0 Å². The minimum atomic E-state index is -1.05. The van der Waals surface area contributed by atoms with Crippen molar-refractivity contribution in [3.05, 3.63) is 34.9 Å². The second-order valence-electron chi connectivity index (χ2n) is 3.66. The minimum absolute atomic E-state index is 0.0350. The highest BCUT2D eigenvalue weighted by Gasteiger charge is 2.16. The number of aryl methyl sites for hydroxylation is 1. The van der Waals surface area contributed by atoms with E-state index in [9.17, 15) is 13.6 Å². The molecule has 0 amide bonds. The molecule has 2 nitrogen and oxygen atoms in total. The first-order chi connectivity index (χ1) is 7.57. The summed E-state index contributed by atoms with van der Waals surface area (Å²) in [6.07, 6.45) is 0.887. The van der Waals surface area contributed by atoms with Gasteiger partial charge in [-0.15, -0.1) is 0 Å². The Morgan fingerprint density at radius 1 is 1.31 bits per heavy atom. The van der Waals surface area contributed by atoms with Crippen LogP contribution in [0.4, 0.5) is 8.78 Å². The molecule has 1 aromatic rings. The molecule has 0 aliphatic carbocycles. The molecule has 0 bridgehead atoms. The van der Waals surface area contributed by atoms with Gasteiger partial charge in [0.1, 0.15) is 0 Å². The van der Waals surface area contributed by atoms with E-state index in [4.69, 9.17) is 0 Å². The topological polar surface area (TPSA) is 29.1 Å². The van der Waals surface area contributed by atoms with Crippen LogP contribution in [-0.2, 0) is 0 Å². The summed E-state index contributed by atoms with van der Waals surface area (Å²) < 4.78 is 26.6. The van der Waals surface area contributed by atoms with Gasteiger partial charge in [0.05, 0.1) is 12.1 Å². The molecular formula is C12H15F2NO. The fourth-order valence-corrected chi connectivity index (χ4v) is 1.34. The van der Waals surface area contributed by atoms with E-state index in [1.165, 1.54) is 19.1 Å². The molecule has 0 saturated heterocycles. The summed E-state index contributed by atoms with van der Waals surface area (Å²) in [5, 5.41) is 2.86. The van der Waals surface area contributed by atoms with E-state index in [0.717, 1.165) is 6.42 Å². The van der Waals surface area contributed by atoms with Crippen LogP contribution in [0.1, 0.15) is 29.3 Å². The third kappa shape index (κ3) is 2.85. The number of benzene rings is 1. The van der Waals surface area contributed by atoms with Crippen molar-refractivity contribution in [1.82, 2.24) is 5.32 Å². The van der Waals surface area contributed by atoms with Crippen molar-refractivity contribution in [3.63, 3.8) is 0 Å². The number of halogens is 2. The Morgan fingerprint density at radius 3 is 2.62 bits per heavy atom. The summed E-state index contributed by atoms with van der Waals surface area (Å²) in [6.45, 7) is 4.14. The van der Waals surface area contributed by atoms with Crippen LogP contribution < -0.4 is 5.32 Å². The van der Waals surface area contributed by atoms with E-state index in [-0.39, 0.29) is 17.7 Å². The summed E-state index contributed by atoms with van der Waals surface area (Å²) in [7, 11) is 0. The predicted molar refractivity (Wildman–Crippen MR) is 58.6 cm³/mol. The third-order valence-electron chi connectivity index (χ3n) is 2.29. The Bertz CT molecular complexity index is 391. The number of nitrogens with one attached hydrogen (secondary N) is 1. The maximum absolute atomic E-state index is 13.4. The summed E-state index contributed by atoms with van der Waals surface area (Å²) >= 11 is 0. The summed E-state index contributed by atoms with van der Waals surface area (Å²) in [6, 6.07) is 2.73. The van der Waals surface area contributed by atoms with Gasteiger partial charge in [0.2, 0.25) is 0 Å². The van der Waals surface area contributed by atoms with Gasteiger partial charge in [-0.25, -0.2) is 8.78 Å². The number of hydrogen-bond donors (Lipinski definition) is 1. The number of carbonyl (C=O) groups is 1. The first-order valence-corrected chi connectivity index (χ1v) is 5.26. The Hall–Kier alpha value is -1.29. The van der Waals surface area contributed by atoms with E-state index in [1.54, 1.807) is 0 Å². The molecule has 4 heteroatoms. The van der Waals surface area contributed by atoms with Gasteiger partial charge >= 0.3 is 0 Å². The van der Waals surface area contributed by atoms with Crippen LogP contribution >= 0.6 is 0 Å². The number of carbonyl (C=O) groups excluding carboxylic acids is 1. The van der Waals surface area contributed by atoms with Crippen molar-refractivity contribution in [2.24, 2.45) is 0 Å². The van der Waals surface area contributed by atoms with Crippen LogP contribution in [0.3, 0.4) is 0 Å². The highest BCUT2D eigenvalue weighted by molar-refractivity contribution is 5.97.